The molecule has 2 fully saturated rings. The first-order valence-electron chi connectivity index (χ1n) is 12.7. The maximum Gasteiger partial charge on any atom is 0.344 e. The summed E-state index contributed by atoms with van der Waals surface area (Å²) in [5, 5.41) is 13.3. The van der Waals surface area contributed by atoms with Gasteiger partial charge in [-0.3, -0.25) is 9.69 Å². The van der Waals surface area contributed by atoms with Gasteiger partial charge in [0.1, 0.15) is 5.75 Å². The first kappa shape index (κ1) is 25.5. The number of halogens is 1. The zero-order chi connectivity index (χ0) is 25.9. The Morgan fingerprint density at radius 3 is 2.69 bits per heavy atom. The molecular formula is C27H35BrN2O6. The fraction of sp³-hybridized carbons (Fsp3) is 0.630. The zero-order valence-electron chi connectivity index (χ0n) is 21.3. The summed E-state index contributed by atoms with van der Waals surface area (Å²) in [4.78, 5) is 31.2. The normalized spacial score (nSPS) is 36.2. The van der Waals surface area contributed by atoms with Gasteiger partial charge in [0.25, 0.3) is 0 Å². The van der Waals surface area contributed by atoms with Gasteiger partial charge >= 0.3 is 11.9 Å². The minimum Gasteiger partial charge on any atom is -0.497 e. The van der Waals surface area contributed by atoms with E-state index in [0.717, 1.165) is 30.8 Å². The molecule has 1 N–H and O–H groups in total. The van der Waals surface area contributed by atoms with E-state index in [1.165, 1.54) is 7.11 Å². The van der Waals surface area contributed by atoms with Gasteiger partial charge in [-0.1, -0.05) is 41.1 Å². The van der Waals surface area contributed by atoms with Crippen molar-refractivity contribution in [2.45, 2.75) is 61.8 Å². The fourth-order valence-electron chi connectivity index (χ4n) is 7.91. The third-order valence-corrected chi connectivity index (χ3v) is 9.66. The molecule has 8 nitrogen and oxygen atoms in total. The minimum absolute atomic E-state index is 0.0685. The van der Waals surface area contributed by atoms with Gasteiger partial charge in [0.2, 0.25) is 5.60 Å². The van der Waals surface area contributed by atoms with Crippen LogP contribution in [0.1, 0.15) is 38.2 Å². The number of fused-ring (bicyclic) bond motifs is 1. The molecule has 0 bridgehead atoms. The number of benzene rings is 1. The third-order valence-electron chi connectivity index (χ3n) is 9.10. The Hall–Kier alpha value is -2.10. The summed E-state index contributed by atoms with van der Waals surface area (Å²) < 4.78 is 17.0. The molecule has 1 aliphatic carbocycles. The zero-order valence-corrected chi connectivity index (χ0v) is 22.9. The number of hydrogen-bond acceptors (Lipinski definition) is 8. The van der Waals surface area contributed by atoms with Crippen LogP contribution in [0.4, 0.5) is 5.69 Å². The molecule has 0 unspecified atom stereocenters. The molecule has 5 rings (SSSR count). The van der Waals surface area contributed by atoms with E-state index in [0.29, 0.717) is 23.9 Å². The van der Waals surface area contributed by atoms with Gasteiger partial charge in [0.15, 0.2) is 6.10 Å². The molecule has 1 aromatic rings. The van der Waals surface area contributed by atoms with Crippen LogP contribution in [0.2, 0.25) is 0 Å². The van der Waals surface area contributed by atoms with Crippen molar-refractivity contribution in [1.29, 1.82) is 0 Å². The summed E-state index contributed by atoms with van der Waals surface area (Å²) in [5.74, 6) is -0.499. The molecule has 1 aromatic carbocycles. The Kier molecular flexibility index (Phi) is 6.41. The van der Waals surface area contributed by atoms with E-state index in [4.69, 9.17) is 14.2 Å². The lowest BCUT2D eigenvalue weighted by molar-refractivity contribution is -0.229. The molecule has 1 spiro atoms. The van der Waals surface area contributed by atoms with Crippen LogP contribution >= 0.6 is 15.9 Å². The standard InChI is InChI=1S/C27H35BrN2O6/c1-5-25-11-7-14-30-15-12-26(21(25)30)18-10-9-17(34-3)16-19(18)29(2)22(26)27(33,24(32)35-4)23(25)36-20(31)8-6-13-28/h7,9-11,16,21-23,33H,5-6,8,12-15H2,1-4H3/t21-,22+,23+,25+,26+,27-/m0/s1. The van der Waals surface area contributed by atoms with Crippen LogP contribution in [0.5, 0.6) is 5.75 Å². The number of anilines is 1. The van der Waals surface area contributed by atoms with Crippen LogP contribution in [-0.4, -0.2) is 85.4 Å². The summed E-state index contributed by atoms with van der Waals surface area (Å²) in [6.07, 6.45) is 5.22. The second-order valence-corrected chi connectivity index (χ2v) is 11.2. The smallest absolute Gasteiger partial charge is 0.344 e. The van der Waals surface area contributed by atoms with E-state index in [9.17, 15) is 14.7 Å². The summed E-state index contributed by atoms with van der Waals surface area (Å²) in [6, 6.07) is 5.23. The molecule has 1 saturated heterocycles. The maximum atomic E-state index is 13.7. The number of hydrogen-bond donors (Lipinski definition) is 1. The van der Waals surface area contributed by atoms with Crippen molar-refractivity contribution in [1.82, 2.24) is 4.90 Å². The van der Waals surface area contributed by atoms with E-state index >= 15 is 0 Å². The number of rotatable bonds is 7. The Labute approximate surface area is 220 Å². The van der Waals surface area contributed by atoms with Crippen LogP contribution in [0.15, 0.2) is 30.4 Å². The number of carbonyl (C=O) groups excluding carboxylic acids is 2. The molecular weight excluding hydrogens is 528 g/mol. The topological polar surface area (TPSA) is 88.5 Å². The number of aliphatic hydroxyl groups is 1. The number of carbonyl (C=O) groups is 2. The highest BCUT2D eigenvalue weighted by Gasteiger charge is 2.80. The number of likely N-dealkylation sites (N-methyl/N-ethyl adjacent to an activating group) is 1. The molecule has 0 amide bonds. The number of nitrogens with zero attached hydrogens (tertiary/aromatic N) is 2. The van der Waals surface area contributed by atoms with Crippen molar-refractivity contribution >= 4 is 33.6 Å². The largest absolute Gasteiger partial charge is 0.497 e. The summed E-state index contributed by atoms with van der Waals surface area (Å²) in [6.45, 7) is 3.63. The number of esters is 2. The van der Waals surface area contributed by atoms with Gasteiger partial charge < -0.3 is 24.2 Å². The van der Waals surface area contributed by atoms with Crippen molar-refractivity contribution in [3.05, 3.63) is 35.9 Å². The molecule has 0 aromatic heterocycles. The Bertz CT molecular complexity index is 1100. The van der Waals surface area contributed by atoms with Gasteiger partial charge in [-0.15, -0.1) is 0 Å². The molecule has 3 aliphatic heterocycles. The first-order valence-corrected chi connectivity index (χ1v) is 13.8. The highest BCUT2D eigenvalue weighted by atomic mass is 79.9. The van der Waals surface area contributed by atoms with Crippen molar-refractivity contribution in [3.63, 3.8) is 0 Å². The predicted octanol–water partition coefficient (Wildman–Crippen LogP) is 2.80. The second kappa shape index (κ2) is 9.03. The summed E-state index contributed by atoms with van der Waals surface area (Å²) in [7, 11) is 4.81. The summed E-state index contributed by atoms with van der Waals surface area (Å²) >= 11 is 3.37. The average molecular weight is 563 g/mol. The maximum absolute atomic E-state index is 13.7. The molecule has 9 heteroatoms. The van der Waals surface area contributed by atoms with Crippen LogP contribution in [-0.2, 0) is 24.5 Å². The van der Waals surface area contributed by atoms with Crippen LogP contribution in [0, 0.1) is 5.41 Å². The molecule has 6 atom stereocenters. The van der Waals surface area contributed by atoms with Crippen LogP contribution < -0.4 is 9.64 Å². The van der Waals surface area contributed by atoms with Gasteiger partial charge in [0, 0.05) is 54.0 Å². The lowest BCUT2D eigenvalue weighted by Crippen LogP contribution is -2.81. The van der Waals surface area contributed by atoms with Crippen molar-refractivity contribution in [3.8, 4) is 5.75 Å². The Morgan fingerprint density at radius 2 is 2.03 bits per heavy atom. The monoisotopic (exact) mass is 562 g/mol. The van der Waals surface area contributed by atoms with Crippen LogP contribution in [0.3, 0.4) is 0 Å². The number of methoxy groups -OCH3 is 2. The van der Waals surface area contributed by atoms with Crippen molar-refractivity contribution < 1.29 is 28.9 Å². The minimum atomic E-state index is -2.09. The number of ether oxygens (including phenoxy) is 3. The molecule has 196 valence electrons. The highest BCUT2D eigenvalue weighted by Crippen LogP contribution is 2.67. The fourth-order valence-corrected chi connectivity index (χ4v) is 8.19. The van der Waals surface area contributed by atoms with E-state index in [-0.39, 0.29) is 12.5 Å². The molecule has 0 radical (unpaired) electrons. The second-order valence-electron chi connectivity index (χ2n) is 10.4. The predicted molar refractivity (Wildman–Crippen MR) is 139 cm³/mol. The lowest BCUT2D eigenvalue weighted by Gasteiger charge is -2.63. The molecule has 3 heterocycles. The molecule has 1 saturated carbocycles. The van der Waals surface area contributed by atoms with Gasteiger partial charge in [-0.25, -0.2) is 4.79 Å². The molecule has 4 aliphatic rings. The number of alkyl halides is 1. The van der Waals surface area contributed by atoms with Gasteiger partial charge in [0.05, 0.1) is 20.3 Å². The van der Waals surface area contributed by atoms with E-state index in [1.54, 1.807) is 7.11 Å². The molecule has 36 heavy (non-hydrogen) atoms. The van der Waals surface area contributed by atoms with E-state index in [2.05, 4.69) is 39.0 Å². The quantitative estimate of drug-likeness (QED) is 0.308. The summed E-state index contributed by atoms with van der Waals surface area (Å²) in [5.41, 5.74) is -1.44. The first-order chi connectivity index (χ1) is 17.3. The average Bonchev–Trinajstić information content (AvgIpc) is 3.41. The van der Waals surface area contributed by atoms with Crippen LogP contribution in [0.25, 0.3) is 0 Å². The van der Waals surface area contributed by atoms with E-state index in [1.807, 2.05) is 31.0 Å². The lowest BCUT2D eigenvalue weighted by atomic mass is 9.47. The highest BCUT2D eigenvalue weighted by molar-refractivity contribution is 9.09. The van der Waals surface area contributed by atoms with E-state index < -0.39 is 40.5 Å². The Balaban J connectivity index is 1.78. The third kappa shape index (κ3) is 3.11. The Morgan fingerprint density at radius 1 is 1.25 bits per heavy atom. The van der Waals surface area contributed by atoms with Crippen molar-refractivity contribution in [2.24, 2.45) is 5.41 Å². The SMILES string of the molecule is CC[C@]12C=CCN3CC[C@@]4(c5ccc(OC)cc5N(C)[C@H]4[C@@](O)(C(=O)OC)[C@@H]1OC(=O)CCCBr)[C@@H]32. The van der Waals surface area contributed by atoms with Crippen molar-refractivity contribution in [2.75, 3.05) is 44.6 Å². The van der Waals surface area contributed by atoms with Gasteiger partial charge in [-0.05, 0) is 37.4 Å². The van der Waals surface area contributed by atoms with Gasteiger partial charge in [-0.2, -0.15) is 0 Å².